The second-order valence-electron chi connectivity index (χ2n) is 5.33. The predicted octanol–water partition coefficient (Wildman–Crippen LogP) is 3.49. The number of benzene rings is 1. The Balaban J connectivity index is 2.14. The summed E-state index contributed by atoms with van der Waals surface area (Å²) in [7, 11) is 0. The molecule has 3 nitrogen and oxygen atoms in total. The highest BCUT2D eigenvalue weighted by molar-refractivity contribution is 5.25. The van der Waals surface area contributed by atoms with Crippen molar-refractivity contribution in [3.05, 3.63) is 53.3 Å². The molecular formula is C17H25N3. The molecule has 2 aromatic rings. The molecule has 20 heavy (non-hydrogen) atoms. The van der Waals surface area contributed by atoms with Crippen molar-refractivity contribution >= 4 is 0 Å². The van der Waals surface area contributed by atoms with Crippen LogP contribution in [0.5, 0.6) is 0 Å². The van der Waals surface area contributed by atoms with E-state index in [-0.39, 0.29) is 0 Å². The van der Waals surface area contributed by atoms with Gasteiger partial charge in [0.1, 0.15) is 0 Å². The Morgan fingerprint density at radius 3 is 2.80 bits per heavy atom. The molecule has 108 valence electrons. The summed E-state index contributed by atoms with van der Waals surface area (Å²) < 4.78 is 1.99. The molecule has 0 bridgehead atoms. The smallest absolute Gasteiger partial charge is 0.0537 e. The zero-order valence-electron chi connectivity index (χ0n) is 12.8. The first-order valence-electron chi connectivity index (χ1n) is 7.54. The molecule has 0 radical (unpaired) electrons. The van der Waals surface area contributed by atoms with Crippen LogP contribution in [0.2, 0.25) is 0 Å². The number of nitrogens with one attached hydrogen (secondary N) is 1. The Kier molecular flexibility index (Phi) is 5.36. The van der Waals surface area contributed by atoms with Crippen LogP contribution in [-0.4, -0.2) is 16.3 Å². The Morgan fingerprint density at radius 1 is 1.30 bits per heavy atom. The number of aryl methyl sites for hydroxylation is 2. The minimum Gasteiger partial charge on any atom is -0.310 e. The first-order valence-corrected chi connectivity index (χ1v) is 7.54. The van der Waals surface area contributed by atoms with Crippen molar-refractivity contribution < 1.29 is 0 Å². The summed E-state index contributed by atoms with van der Waals surface area (Å²) in [5.74, 6) is 0. The zero-order chi connectivity index (χ0) is 14.4. The molecule has 0 spiro atoms. The van der Waals surface area contributed by atoms with E-state index in [0.29, 0.717) is 6.04 Å². The lowest BCUT2D eigenvalue weighted by Gasteiger charge is -2.17. The maximum absolute atomic E-state index is 4.40. The third-order valence-electron chi connectivity index (χ3n) is 3.54. The summed E-state index contributed by atoms with van der Waals surface area (Å²) in [4.78, 5) is 0. The summed E-state index contributed by atoms with van der Waals surface area (Å²) in [5.41, 5.74) is 3.98. The minimum absolute atomic E-state index is 0.344. The van der Waals surface area contributed by atoms with E-state index in [4.69, 9.17) is 0 Å². The number of nitrogens with zero attached hydrogens (tertiary/aromatic N) is 2. The highest BCUT2D eigenvalue weighted by Gasteiger charge is 2.13. The lowest BCUT2D eigenvalue weighted by atomic mass is 10.00. The summed E-state index contributed by atoms with van der Waals surface area (Å²) >= 11 is 0. The van der Waals surface area contributed by atoms with E-state index in [0.717, 1.165) is 25.9 Å². The van der Waals surface area contributed by atoms with E-state index < -0.39 is 0 Å². The van der Waals surface area contributed by atoms with Crippen LogP contribution in [0.1, 0.15) is 43.0 Å². The fourth-order valence-corrected chi connectivity index (χ4v) is 2.43. The fourth-order valence-electron chi connectivity index (χ4n) is 2.43. The third-order valence-corrected chi connectivity index (χ3v) is 3.54. The second kappa shape index (κ2) is 7.25. The molecule has 1 aromatic heterocycles. The first kappa shape index (κ1) is 14.8. The molecule has 0 saturated heterocycles. The molecule has 0 aliphatic rings. The Labute approximate surface area is 122 Å². The van der Waals surface area contributed by atoms with Gasteiger partial charge >= 0.3 is 0 Å². The van der Waals surface area contributed by atoms with Gasteiger partial charge in [-0.1, -0.05) is 36.8 Å². The number of rotatable bonds is 7. The third kappa shape index (κ3) is 3.94. The van der Waals surface area contributed by atoms with Crippen LogP contribution in [0, 0.1) is 6.92 Å². The molecule has 0 aliphatic carbocycles. The van der Waals surface area contributed by atoms with Gasteiger partial charge in [-0.05, 0) is 38.8 Å². The van der Waals surface area contributed by atoms with Crippen molar-refractivity contribution in [1.82, 2.24) is 15.1 Å². The Hall–Kier alpha value is -1.61. The van der Waals surface area contributed by atoms with Gasteiger partial charge in [-0.25, -0.2) is 0 Å². The molecule has 0 aliphatic heterocycles. The molecule has 3 heteroatoms. The predicted molar refractivity (Wildman–Crippen MR) is 83.8 cm³/mol. The van der Waals surface area contributed by atoms with Crippen LogP contribution in [0.4, 0.5) is 0 Å². The van der Waals surface area contributed by atoms with Crippen LogP contribution < -0.4 is 5.32 Å². The van der Waals surface area contributed by atoms with E-state index in [1.54, 1.807) is 0 Å². The van der Waals surface area contributed by atoms with Crippen molar-refractivity contribution in [2.24, 2.45) is 0 Å². The van der Waals surface area contributed by atoms with Crippen molar-refractivity contribution in [3.63, 3.8) is 0 Å². The molecule has 1 N–H and O–H groups in total. The van der Waals surface area contributed by atoms with E-state index in [1.807, 2.05) is 10.9 Å². The molecule has 1 heterocycles. The van der Waals surface area contributed by atoms with E-state index in [2.05, 4.69) is 61.6 Å². The van der Waals surface area contributed by atoms with Gasteiger partial charge < -0.3 is 5.32 Å². The average molecular weight is 271 g/mol. The fraction of sp³-hybridized carbons (Fsp3) is 0.471. The van der Waals surface area contributed by atoms with Gasteiger partial charge in [-0.2, -0.15) is 5.10 Å². The Morgan fingerprint density at radius 2 is 2.15 bits per heavy atom. The topological polar surface area (TPSA) is 29.9 Å². The highest BCUT2D eigenvalue weighted by atomic mass is 15.3. The molecule has 2 rings (SSSR count). The van der Waals surface area contributed by atoms with Gasteiger partial charge in [-0.15, -0.1) is 0 Å². The molecule has 1 unspecified atom stereocenters. The zero-order valence-corrected chi connectivity index (χ0v) is 12.8. The summed E-state index contributed by atoms with van der Waals surface area (Å²) in [6.07, 6.45) is 6.30. The largest absolute Gasteiger partial charge is 0.310 e. The number of aromatic nitrogens is 2. The van der Waals surface area contributed by atoms with Crippen molar-refractivity contribution in [2.45, 2.75) is 46.2 Å². The van der Waals surface area contributed by atoms with Crippen LogP contribution in [0.3, 0.4) is 0 Å². The SMILES string of the molecule is CCCNC(Cc1cccc(C)c1)c1cnn(CC)c1. The quantitative estimate of drug-likeness (QED) is 0.835. The molecule has 1 atom stereocenters. The van der Waals surface area contributed by atoms with Gasteiger partial charge in [0, 0.05) is 24.3 Å². The van der Waals surface area contributed by atoms with Crippen LogP contribution in [0.15, 0.2) is 36.7 Å². The lowest BCUT2D eigenvalue weighted by molar-refractivity contribution is 0.528. The Bertz CT molecular complexity index is 531. The van der Waals surface area contributed by atoms with E-state index in [1.165, 1.54) is 16.7 Å². The summed E-state index contributed by atoms with van der Waals surface area (Å²) in [6.45, 7) is 8.42. The summed E-state index contributed by atoms with van der Waals surface area (Å²) in [6, 6.07) is 9.10. The monoisotopic (exact) mass is 271 g/mol. The van der Waals surface area contributed by atoms with Crippen molar-refractivity contribution in [2.75, 3.05) is 6.54 Å². The molecule has 0 fully saturated rings. The van der Waals surface area contributed by atoms with E-state index >= 15 is 0 Å². The van der Waals surface area contributed by atoms with Gasteiger partial charge in [0.2, 0.25) is 0 Å². The molecular weight excluding hydrogens is 246 g/mol. The standard InChI is InChI=1S/C17H25N3/c1-4-9-18-17(16-12-19-20(5-2)13-16)11-15-8-6-7-14(3)10-15/h6-8,10,12-13,17-18H,4-5,9,11H2,1-3H3. The second-order valence-corrected chi connectivity index (χ2v) is 5.33. The van der Waals surface area contributed by atoms with Crippen LogP contribution in [0.25, 0.3) is 0 Å². The maximum Gasteiger partial charge on any atom is 0.0537 e. The maximum atomic E-state index is 4.40. The lowest BCUT2D eigenvalue weighted by Crippen LogP contribution is -2.23. The van der Waals surface area contributed by atoms with Gasteiger partial charge in [0.25, 0.3) is 0 Å². The van der Waals surface area contributed by atoms with Crippen molar-refractivity contribution in [3.8, 4) is 0 Å². The van der Waals surface area contributed by atoms with Crippen LogP contribution >= 0.6 is 0 Å². The van der Waals surface area contributed by atoms with Crippen LogP contribution in [-0.2, 0) is 13.0 Å². The number of hydrogen-bond acceptors (Lipinski definition) is 2. The van der Waals surface area contributed by atoms with Crippen molar-refractivity contribution in [1.29, 1.82) is 0 Å². The highest BCUT2D eigenvalue weighted by Crippen LogP contribution is 2.19. The number of hydrogen-bond donors (Lipinski definition) is 1. The normalized spacial score (nSPS) is 12.6. The van der Waals surface area contributed by atoms with Gasteiger partial charge in [-0.3, -0.25) is 4.68 Å². The molecule has 1 aromatic carbocycles. The molecule has 0 amide bonds. The summed E-state index contributed by atoms with van der Waals surface area (Å²) in [5, 5.41) is 8.04. The van der Waals surface area contributed by atoms with Gasteiger partial charge in [0.05, 0.1) is 6.20 Å². The average Bonchev–Trinajstić information content (AvgIpc) is 2.92. The van der Waals surface area contributed by atoms with Gasteiger partial charge in [0.15, 0.2) is 0 Å². The molecule has 0 saturated carbocycles. The first-order chi connectivity index (χ1) is 9.72. The van der Waals surface area contributed by atoms with E-state index in [9.17, 15) is 0 Å². The minimum atomic E-state index is 0.344.